The summed E-state index contributed by atoms with van der Waals surface area (Å²) < 4.78 is 5.74. The molecule has 0 aliphatic heterocycles. The number of nitro groups is 1. The monoisotopic (exact) mass is 453 g/mol. The summed E-state index contributed by atoms with van der Waals surface area (Å²) in [6, 6.07) is 28.1. The summed E-state index contributed by atoms with van der Waals surface area (Å²) in [7, 11) is 0. The van der Waals surface area contributed by atoms with Crippen molar-refractivity contribution in [3.05, 3.63) is 124 Å². The zero-order chi connectivity index (χ0) is 23.9. The van der Waals surface area contributed by atoms with Crippen LogP contribution in [0, 0.1) is 10.1 Å². The molecule has 0 atom stereocenters. The van der Waals surface area contributed by atoms with Gasteiger partial charge in [0.25, 0.3) is 17.5 Å². The number of rotatable bonds is 7. The normalized spacial score (nSPS) is 10.2. The minimum absolute atomic E-state index is 0.0923. The van der Waals surface area contributed by atoms with E-state index in [-0.39, 0.29) is 17.2 Å². The zero-order valence-electron chi connectivity index (χ0n) is 17.8. The quantitative estimate of drug-likeness (QED) is 0.268. The fourth-order valence-electron chi connectivity index (χ4n) is 3.08. The Labute approximate surface area is 195 Å². The van der Waals surface area contributed by atoms with Crippen molar-refractivity contribution in [2.75, 3.05) is 10.6 Å². The van der Waals surface area contributed by atoms with Crippen LogP contribution in [0.3, 0.4) is 0 Å². The van der Waals surface area contributed by atoms with Gasteiger partial charge in [-0.3, -0.25) is 19.7 Å². The SMILES string of the molecule is O=C(Nc1ccc(Oc2ccccc2)cc1)c1ccc(NC(=O)c2ccc([N+](=O)[O-])cc2)cc1. The first-order valence-corrected chi connectivity index (χ1v) is 10.3. The van der Waals surface area contributed by atoms with E-state index in [0.717, 1.165) is 5.75 Å². The Morgan fingerprint density at radius 3 is 1.56 bits per heavy atom. The van der Waals surface area contributed by atoms with Crippen molar-refractivity contribution in [1.82, 2.24) is 0 Å². The summed E-state index contributed by atoms with van der Waals surface area (Å²) in [5, 5.41) is 16.2. The maximum absolute atomic E-state index is 12.5. The van der Waals surface area contributed by atoms with Gasteiger partial charge in [-0.2, -0.15) is 0 Å². The predicted octanol–water partition coefficient (Wildman–Crippen LogP) is 5.89. The van der Waals surface area contributed by atoms with Crippen molar-refractivity contribution in [2.24, 2.45) is 0 Å². The largest absolute Gasteiger partial charge is 0.457 e. The van der Waals surface area contributed by atoms with Gasteiger partial charge in [-0.15, -0.1) is 0 Å². The standard InChI is InChI=1S/C26H19N3O5/c30-25(28-21-12-16-24(17-13-21)34-23-4-2-1-3-5-23)18-6-10-20(11-7-18)27-26(31)19-8-14-22(15-9-19)29(32)33/h1-17H,(H,27,31)(H,28,30). The number of nitrogens with zero attached hydrogens (tertiary/aromatic N) is 1. The van der Waals surface area contributed by atoms with E-state index >= 15 is 0 Å². The molecule has 34 heavy (non-hydrogen) atoms. The molecule has 0 saturated carbocycles. The van der Waals surface area contributed by atoms with Gasteiger partial charge in [0, 0.05) is 34.6 Å². The lowest BCUT2D eigenvalue weighted by Gasteiger charge is -2.09. The van der Waals surface area contributed by atoms with Crippen LogP contribution in [-0.4, -0.2) is 16.7 Å². The summed E-state index contributed by atoms with van der Waals surface area (Å²) in [5.41, 5.74) is 1.71. The number of ether oxygens (including phenoxy) is 1. The number of hydrogen-bond acceptors (Lipinski definition) is 5. The highest BCUT2D eigenvalue weighted by atomic mass is 16.6. The number of non-ortho nitro benzene ring substituents is 1. The number of anilines is 2. The number of benzene rings is 4. The average molecular weight is 453 g/mol. The average Bonchev–Trinajstić information content (AvgIpc) is 2.86. The van der Waals surface area contributed by atoms with Crippen molar-refractivity contribution < 1.29 is 19.2 Å². The van der Waals surface area contributed by atoms with E-state index in [9.17, 15) is 19.7 Å². The highest BCUT2D eigenvalue weighted by molar-refractivity contribution is 6.06. The highest BCUT2D eigenvalue weighted by Crippen LogP contribution is 2.23. The van der Waals surface area contributed by atoms with Gasteiger partial charge in [0.1, 0.15) is 11.5 Å². The van der Waals surface area contributed by atoms with E-state index in [2.05, 4.69) is 10.6 Å². The molecule has 4 aromatic carbocycles. The Kier molecular flexibility index (Phi) is 6.60. The molecular weight excluding hydrogens is 434 g/mol. The molecule has 2 amide bonds. The van der Waals surface area contributed by atoms with Gasteiger partial charge in [-0.25, -0.2) is 0 Å². The fourth-order valence-corrected chi connectivity index (χ4v) is 3.08. The lowest BCUT2D eigenvalue weighted by molar-refractivity contribution is -0.384. The molecule has 0 aromatic heterocycles. The number of amides is 2. The van der Waals surface area contributed by atoms with Crippen molar-refractivity contribution in [1.29, 1.82) is 0 Å². The third-order valence-electron chi connectivity index (χ3n) is 4.84. The van der Waals surface area contributed by atoms with Crippen LogP contribution in [0.1, 0.15) is 20.7 Å². The fraction of sp³-hybridized carbons (Fsp3) is 0. The molecule has 0 aliphatic rings. The smallest absolute Gasteiger partial charge is 0.269 e. The Morgan fingerprint density at radius 1 is 0.618 bits per heavy atom. The summed E-state index contributed by atoms with van der Waals surface area (Å²) >= 11 is 0. The second kappa shape index (κ2) is 10.1. The van der Waals surface area contributed by atoms with E-state index in [4.69, 9.17) is 4.74 Å². The molecule has 8 nitrogen and oxygen atoms in total. The number of carbonyl (C=O) groups is 2. The zero-order valence-corrected chi connectivity index (χ0v) is 17.8. The Bertz CT molecular complexity index is 1300. The van der Waals surface area contributed by atoms with Crippen LogP contribution in [0.2, 0.25) is 0 Å². The minimum Gasteiger partial charge on any atom is -0.457 e. The number of nitro benzene ring substituents is 1. The van der Waals surface area contributed by atoms with E-state index in [1.165, 1.54) is 24.3 Å². The second-order valence-electron chi connectivity index (χ2n) is 7.23. The van der Waals surface area contributed by atoms with Crippen LogP contribution in [0.25, 0.3) is 0 Å². The third-order valence-corrected chi connectivity index (χ3v) is 4.84. The molecule has 4 aromatic rings. The van der Waals surface area contributed by atoms with Gasteiger partial charge in [0.2, 0.25) is 0 Å². The Morgan fingerprint density at radius 2 is 1.06 bits per heavy atom. The highest BCUT2D eigenvalue weighted by Gasteiger charge is 2.11. The molecule has 0 radical (unpaired) electrons. The molecule has 0 aliphatic carbocycles. The lowest BCUT2D eigenvalue weighted by Crippen LogP contribution is -2.13. The van der Waals surface area contributed by atoms with Crippen LogP contribution in [-0.2, 0) is 0 Å². The maximum Gasteiger partial charge on any atom is 0.269 e. The van der Waals surface area contributed by atoms with E-state index in [0.29, 0.717) is 22.7 Å². The predicted molar refractivity (Wildman–Crippen MR) is 128 cm³/mol. The maximum atomic E-state index is 12.5. The summed E-state index contributed by atoms with van der Waals surface area (Å²) in [6.45, 7) is 0. The first kappa shape index (κ1) is 22.2. The van der Waals surface area contributed by atoms with Gasteiger partial charge in [0.05, 0.1) is 4.92 Å². The van der Waals surface area contributed by atoms with Crippen LogP contribution in [0.15, 0.2) is 103 Å². The molecular formula is C26H19N3O5. The molecule has 0 bridgehead atoms. The molecule has 0 fully saturated rings. The second-order valence-corrected chi connectivity index (χ2v) is 7.23. The van der Waals surface area contributed by atoms with Crippen molar-refractivity contribution >= 4 is 28.9 Å². The molecule has 0 spiro atoms. The molecule has 4 rings (SSSR count). The first-order valence-electron chi connectivity index (χ1n) is 10.3. The lowest BCUT2D eigenvalue weighted by atomic mass is 10.1. The molecule has 2 N–H and O–H groups in total. The number of nitrogens with one attached hydrogen (secondary N) is 2. The Hall–Kier alpha value is -4.98. The molecule has 0 heterocycles. The number of para-hydroxylation sites is 1. The minimum atomic E-state index is -0.529. The van der Waals surface area contributed by atoms with Gasteiger partial charge in [0.15, 0.2) is 0 Å². The first-order chi connectivity index (χ1) is 16.5. The van der Waals surface area contributed by atoms with Gasteiger partial charge >= 0.3 is 0 Å². The van der Waals surface area contributed by atoms with E-state index < -0.39 is 10.8 Å². The van der Waals surface area contributed by atoms with Crippen LogP contribution in [0.4, 0.5) is 17.1 Å². The third kappa shape index (κ3) is 5.63. The van der Waals surface area contributed by atoms with Gasteiger partial charge in [-0.05, 0) is 72.8 Å². The molecule has 168 valence electrons. The molecule has 0 unspecified atom stereocenters. The van der Waals surface area contributed by atoms with Crippen molar-refractivity contribution in [2.45, 2.75) is 0 Å². The Balaban J connectivity index is 1.33. The van der Waals surface area contributed by atoms with Crippen LogP contribution in [0.5, 0.6) is 11.5 Å². The molecule has 0 saturated heterocycles. The topological polar surface area (TPSA) is 111 Å². The van der Waals surface area contributed by atoms with Gasteiger partial charge in [-0.1, -0.05) is 18.2 Å². The summed E-state index contributed by atoms with van der Waals surface area (Å²) in [4.78, 5) is 35.1. The molecule has 8 heteroatoms. The summed E-state index contributed by atoms with van der Waals surface area (Å²) in [5.74, 6) is 0.659. The van der Waals surface area contributed by atoms with Crippen LogP contribution < -0.4 is 15.4 Å². The van der Waals surface area contributed by atoms with Crippen molar-refractivity contribution in [3.63, 3.8) is 0 Å². The van der Waals surface area contributed by atoms with E-state index in [1.807, 2.05) is 30.3 Å². The van der Waals surface area contributed by atoms with Crippen molar-refractivity contribution in [3.8, 4) is 11.5 Å². The van der Waals surface area contributed by atoms with Crippen LogP contribution >= 0.6 is 0 Å². The number of carbonyl (C=O) groups excluding carboxylic acids is 2. The van der Waals surface area contributed by atoms with Gasteiger partial charge < -0.3 is 15.4 Å². The number of hydrogen-bond donors (Lipinski definition) is 2. The van der Waals surface area contributed by atoms with E-state index in [1.54, 1.807) is 48.5 Å². The summed E-state index contributed by atoms with van der Waals surface area (Å²) in [6.07, 6.45) is 0.